The highest BCUT2D eigenvalue weighted by Gasteiger charge is 2.17. The molecule has 0 aliphatic rings. The van der Waals surface area contributed by atoms with Gasteiger partial charge < -0.3 is 0 Å². The molecule has 0 spiro atoms. The second-order valence-electron chi connectivity index (χ2n) is 4.02. The number of aryl methyl sites for hydroxylation is 3. The van der Waals surface area contributed by atoms with Crippen molar-refractivity contribution in [2.45, 2.75) is 20.8 Å². The van der Waals surface area contributed by atoms with Gasteiger partial charge in [0.05, 0.1) is 21.8 Å². The highest BCUT2D eigenvalue weighted by atomic mass is 35.5. The lowest BCUT2D eigenvalue weighted by atomic mass is 10.3. The van der Waals surface area contributed by atoms with Crippen LogP contribution in [0.5, 0.6) is 0 Å². The van der Waals surface area contributed by atoms with E-state index in [4.69, 9.17) is 11.6 Å². The van der Waals surface area contributed by atoms with Gasteiger partial charge >= 0.3 is 0 Å². The molecular formula is C11H10ClN5S. The van der Waals surface area contributed by atoms with Crippen LogP contribution in [0.4, 0.5) is 0 Å². The Balaban J connectivity index is 2.42. The van der Waals surface area contributed by atoms with E-state index in [0.717, 1.165) is 27.8 Å². The Hall–Kier alpha value is -1.53. The second-order valence-corrected chi connectivity index (χ2v) is 5.24. The minimum atomic E-state index is 0.374. The molecule has 0 aliphatic heterocycles. The van der Waals surface area contributed by atoms with Gasteiger partial charge in [-0.1, -0.05) is 11.6 Å². The van der Waals surface area contributed by atoms with E-state index in [-0.39, 0.29) is 0 Å². The Morgan fingerprint density at radius 1 is 1.17 bits per heavy atom. The molecule has 3 heterocycles. The van der Waals surface area contributed by atoms with Crippen LogP contribution < -0.4 is 0 Å². The molecule has 0 aromatic carbocycles. The minimum Gasteiger partial charge on any atom is -0.274 e. The van der Waals surface area contributed by atoms with Crippen molar-refractivity contribution in [3.8, 4) is 10.7 Å². The molecule has 3 aromatic rings. The number of hydrogen-bond donors (Lipinski definition) is 0. The van der Waals surface area contributed by atoms with Gasteiger partial charge in [0.1, 0.15) is 0 Å². The smallest absolute Gasteiger partial charge is 0.199 e. The molecule has 92 valence electrons. The highest BCUT2D eigenvalue weighted by molar-refractivity contribution is 7.13. The van der Waals surface area contributed by atoms with Gasteiger partial charge in [-0.2, -0.15) is 0 Å². The standard InChI is InChI=1S/C11H10ClN5S/c1-5-7(3)17-10(8-6(2)13-4-18-8)15-16-11(17)9(12)14-5/h4H,1-3H3. The molecule has 0 amide bonds. The normalized spacial score (nSPS) is 11.3. The molecule has 3 aromatic heterocycles. The Kier molecular flexibility index (Phi) is 2.57. The first-order valence-corrected chi connectivity index (χ1v) is 6.63. The van der Waals surface area contributed by atoms with E-state index in [9.17, 15) is 0 Å². The predicted molar refractivity (Wildman–Crippen MR) is 71.1 cm³/mol. The Labute approximate surface area is 112 Å². The molecule has 5 nitrogen and oxygen atoms in total. The summed E-state index contributed by atoms with van der Waals surface area (Å²) in [5.74, 6) is 0.773. The van der Waals surface area contributed by atoms with Crippen molar-refractivity contribution in [3.05, 3.63) is 27.7 Å². The average Bonchev–Trinajstić information content (AvgIpc) is 2.91. The van der Waals surface area contributed by atoms with Crippen molar-refractivity contribution in [3.63, 3.8) is 0 Å². The van der Waals surface area contributed by atoms with Gasteiger partial charge in [0, 0.05) is 5.69 Å². The maximum absolute atomic E-state index is 6.10. The van der Waals surface area contributed by atoms with Crippen molar-refractivity contribution in [1.29, 1.82) is 0 Å². The molecule has 0 radical (unpaired) electrons. The molecule has 0 saturated heterocycles. The number of halogens is 1. The topological polar surface area (TPSA) is 56.0 Å². The number of fused-ring (bicyclic) bond motifs is 1. The summed E-state index contributed by atoms with van der Waals surface area (Å²) in [5.41, 5.74) is 5.19. The van der Waals surface area contributed by atoms with Gasteiger partial charge in [-0.05, 0) is 20.8 Å². The molecule has 0 aliphatic carbocycles. The highest BCUT2D eigenvalue weighted by Crippen LogP contribution is 2.28. The summed E-state index contributed by atoms with van der Waals surface area (Å²) in [5, 5.41) is 8.71. The third kappa shape index (κ3) is 1.53. The molecule has 18 heavy (non-hydrogen) atoms. The molecule has 0 N–H and O–H groups in total. The van der Waals surface area contributed by atoms with E-state index in [1.54, 1.807) is 16.8 Å². The number of aromatic nitrogens is 5. The van der Waals surface area contributed by atoms with Crippen LogP contribution in [0.2, 0.25) is 5.15 Å². The fraction of sp³-hybridized carbons (Fsp3) is 0.273. The monoisotopic (exact) mass is 279 g/mol. The van der Waals surface area contributed by atoms with Crippen molar-refractivity contribution in [2.24, 2.45) is 0 Å². The summed E-state index contributed by atoms with van der Waals surface area (Å²) in [4.78, 5) is 9.50. The molecule has 0 bridgehead atoms. The van der Waals surface area contributed by atoms with Gasteiger partial charge in [0.25, 0.3) is 0 Å². The first kappa shape index (κ1) is 11.6. The van der Waals surface area contributed by atoms with Crippen LogP contribution in [0, 0.1) is 20.8 Å². The van der Waals surface area contributed by atoms with Crippen LogP contribution in [0.1, 0.15) is 17.1 Å². The lowest BCUT2D eigenvalue weighted by Gasteiger charge is -2.06. The SMILES string of the molecule is Cc1ncsc1-c1nnc2c(Cl)nc(C)c(C)n12. The van der Waals surface area contributed by atoms with Crippen LogP contribution >= 0.6 is 22.9 Å². The Bertz CT molecular complexity index is 745. The first-order chi connectivity index (χ1) is 8.59. The van der Waals surface area contributed by atoms with E-state index in [1.165, 1.54) is 0 Å². The van der Waals surface area contributed by atoms with Gasteiger partial charge in [0.2, 0.25) is 0 Å². The van der Waals surface area contributed by atoms with E-state index in [0.29, 0.717) is 10.8 Å². The Morgan fingerprint density at radius 2 is 1.94 bits per heavy atom. The van der Waals surface area contributed by atoms with Crippen molar-refractivity contribution in [1.82, 2.24) is 24.6 Å². The second kappa shape index (κ2) is 4.00. The molecule has 0 unspecified atom stereocenters. The van der Waals surface area contributed by atoms with Gasteiger partial charge in [-0.25, -0.2) is 9.97 Å². The quantitative estimate of drug-likeness (QED) is 0.687. The zero-order valence-electron chi connectivity index (χ0n) is 10.1. The summed E-state index contributed by atoms with van der Waals surface area (Å²) in [6.45, 7) is 5.86. The summed E-state index contributed by atoms with van der Waals surface area (Å²) in [7, 11) is 0. The van der Waals surface area contributed by atoms with Gasteiger partial charge in [-0.15, -0.1) is 21.5 Å². The van der Waals surface area contributed by atoms with E-state index in [2.05, 4.69) is 20.2 Å². The zero-order chi connectivity index (χ0) is 12.9. The fourth-order valence-corrected chi connectivity index (χ4v) is 2.87. The zero-order valence-corrected chi connectivity index (χ0v) is 11.7. The number of thiazole rings is 1. The molecule has 0 atom stereocenters. The summed E-state index contributed by atoms with van der Waals surface area (Å²) in [6.07, 6.45) is 0. The van der Waals surface area contributed by atoms with Crippen LogP contribution in [0.25, 0.3) is 16.3 Å². The number of nitrogens with zero attached hydrogens (tertiary/aromatic N) is 5. The largest absolute Gasteiger partial charge is 0.274 e. The molecule has 7 heteroatoms. The molecule has 0 fully saturated rings. The predicted octanol–water partition coefficient (Wildman–Crippen LogP) is 2.83. The maximum Gasteiger partial charge on any atom is 0.199 e. The lowest BCUT2D eigenvalue weighted by molar-refractivity contribution is 1.000. The van der Waals surface area contributed by atoms with Crippen LogP contribution in [-0.4, -0.2) is 24.6 Å². The van der Waals surface area contributed by atoms with Gasteiger partial charge in [-0.3, -0.25) is 4.40 Å². The van der Waals surface area contributed by atoms with E-state index in [1.807, 2.05) is 25.2 Å². The van der Waals surface area contributed by atoms with Crippen LogP contribution in [0.3, 0.4) is 0 Å². The van der Waals surface area contributed by atoms with E-state index < -0.39 is 0 Å². The minimum absolute atomic E-state index is 0.374. The third-order valence-electron chi connectivity index (χ3n) is 2.92. The summed E-state index contributed by atoms with van der Waals surface area (Å²) < 4.78 is 1.94. The van der Waals surface area contributed by atoms with Crippen LogP contribution in [-0.2, 0) is 0 Å². The molecule has 0 saturated carbocycles. The van der Waals surface area contributed by atoms with Crippen molar-refractivity contribution >= 4 is 28.6 Å². The third-order valence-corrected chi connectivity index (χ3v) is 4.10. The summed E-state index contributed by atoms with van der Waals surface area (Å²) in [6, 6.07) is 0. The first-order valence-electron chi connectivity index (χ1n) is 5.38. The molecule has 3 rings (SSSR count). The summed E-state index contributed by atoms with van der Waals surface area (Å²) >= 11 is 7.65. The average molecular weight is 280 g/mol. The fourth-order valence-electron chi connectivity index (χ4n) is 1.84. The van der Waals surface area contributed by atoms with Gasteiger partial charge in [0.15, 0.2) is 16.6 Å². The lowest BCUT2D eigenvalue weighted by Crippen LogP contribution is -2.00. The number of rotatable bonds is 1. The van der Waals surface area contributed by atoms with Crippen molar-refractivity contribution in [2.75, 3.05) is 0 Å². The maximum atomic E-state index is 6.10. The number of hydrogen-bond acceptors (Lipinski definition) is 5. The Morgan fingerprint density at radius 3 is 2.61 bits per heavy atom. The van der Waals surface area contributed by atoms with Crippen LogP contribution in [0.15, 0.2) is 5.51 Å². The molecular weight excluding hydrogens is 270 g/mol. The van der Waals surface area contributed by atoms with E-state index >= 15 is 0 Å². The van der Waals surface area contributed by atoms with Crippen molar-refractivity contribution < 1.29 is 0 Å².